The van der Waals surface area contributed by atoms with Crippen LogP contribution in [0, 0.1) is 0 Å². The van der Waals surface area contributed by atoms with E-state index in [-0.39, 0.29) is 17.9 Å². The minimum absolute atomic E-state index is 0.0621. The summed E-state index contributed by atoms with van der Waals surface area (Å²) in [5.41, 5.74) is 1.74. The van der Waals surface area contributed by atoms with Gasteiger partial charge in [-0.2, -0.15) is 5.10 Å². The zero-order valence-corrected chi connectivity index (χ0v) is 12.9. The Balaban J connectivity index is 1.95. The highest BCUT2D eigenvalue weighted by Gasteiger charge is 2.34. The van der Waals surface area contributed by atoms with Crippen LogP contribution in [0.4, 0.5) is 0 Å². The topological polar surface area (TPSA) is 102 Å². The van der Waals surface area contributed by atoms with E-state index in [1.165, 1.54) is 6.21 Å². The van der Waals surface area contributed by atoms with Gasteiger partial charge in [0.25, 0.3) is 5.91 Å². The number of fused-ring (bicyclic) bond motifs is 3. The molecule has 3 N–H and O–H groups in total. The molecule has 0 saturated heterocycles. The molecule has 7 nitrogen and oxygen atoms in total. The number of nitrogens with zero attached hydrogens (tertiary/aromatic N) is 3. The van der Waals surface area contributed by atoms with Crippen molar-refractivity contribution in [2.45, 2.75) is 19.1 Å². The van der Waals surface area contributed by atoms with Crippen molar-refractivity contribution in [3.05, 3.63) is 36.0 Å². The summed E-state index contributed by atoms with van der Waals surface area (Å²) in [6.07, 6.45) is 2.82. The molecule has 2 atom stereocenters. The Morgan fingerprint density at radius 3 is 3.00 bits per heavy atom. The van der Waals surface area contributed by atoms with Gasteiger partial charge in [-0.1, -0.05) is 18.2 Å². The van der Waals surface area contributed by atoms with E-state index in [2.05, 4.69) is 20.4 Å². The van der Waals surface area contributed by atoms with Gasteiger partial charge in [0.05, 0.1) is 12.3 Å². The van der Waals surface area contributed by atoms with Crippen LogP contribution < -0.4 is 15.9 Å². The highest BCUT2D eigenvalue weighted by Crippen LogP contribution is 2.40. The van der Waals surface area contributed by atoms with Crippen LogP contribution in [0.1, 0.15) is 18.5 Å². The molecule has 0 aliphatic carbocycles. The lowest BCUT2D eigenvalue weighted by molar-refractivity contribution is -0.115. The maximum atomic E-state index is 12.3. The van der Waals surface area contributed by atoms with Crippen LogP contribution in [-0.2, 0) is 4.79 Å². The Hall–Kier alpha value is -2.96. The Bertz CT molecular complexity index is 815. The zero-order valence-electron chi connectivity index (χ0n) is 12.9. The molecule has 2 heterocycles. The molecule has 0 fully saturated rings. The van der Waals surface area contributed by atoms with Crippen molar-refractivity contribution in [2.24, 2.45) is 15.9 Å². The Labute approximate surface area is 133 Å². The van der Waals surface area contributed by atoms with Gasteiger partial charge in [0.2, 0.25) is 0 Å². The third-order valence-electron chi connectivity index (χ3n) is 3.78. The first-order chi connectivity index (χ1) is 11.2. The number of aromatic nitrogens is 1. The molecule has 0 radical (unpaired) electrons. The lowest BCUT2D eigenvalue weighted by Gasteiger charge is -2.16. The summed E-state index contributed by atoms with van der Waals surface area (Å²) in [6.45, 7) is 1.90. The van der Waals surface area contributed by atoms with Crippen molar-refractivity contribution in [3.63, 3.8) is 0 Å². The van der Waals surface area contributed by atoms with Crippen LogP contribution in [0.15, 0.2) is 40.6 Å². The molecular weight excluding hydrogens is 294 g/mol. The molecule has 7 heteroatoms. The highest BCUT2D eigenvalue weighted by molar-refractivity contribution is 6.60. The van der Waals surface area contributed by atoms with E-state index < -0.39 is 5.91 Å². The van der Waals surface area contributed by atoms with Crippen molar-refractivity contribution in [2.75, 3.05) is 7.05 Å². The van der Waals surface area contributed by atoms with E-state index in [0.29, 0.717) is 5.75 Å². The van der Waals surface area contributed by atoms with Crippen LogP contribution in [0.2, 0.25) is 0 Å². The van der Waals surface area contributed by atoms with Crippen molar-refractivity contribution >= 4 is 28.7 Å². The fourth-order valence-corrected chi connectivity index (χ4v) is 2.69. The number of ether oxygens (including phenoxy) is 1. The average molecular weight is 311 g/mol. The molecule has 2 unspecified atom stereocenters. The summed E-state index contributed by atoms with van der Waals surface area (Å²) in [7, 11) is 1.55. The standard InChI is InChI=1S/C16H17N5O2/c1-9-13(20-16(22)12(21-17)8-18-2)11-6-5-10-4-3-7-19-14(10)15(11)23-9/h3-9,13H,17H2,1-2H3,(H,20,22)/b18-8?,21-12+. The minimum Gasteiger partial charge on any atom is -0.486 e. The molecule has 0 bridgehead atoms. The highest BCUT2D eigenvalue weighted by atomic mass is 16.5. The van der Waals surface area contributed by atoms with Gasteiger partial charge in [-0.05, 0) is 13.0 Å². The number of nitrogens with one attached hydrogen (secondary N) is 1. The summed E-state index contributed by atoms with van der Waals surface area (Å²) in [5.74, 6) is 5.54. The molecular formula is C16H17N5O2. The normalized spacial score (nSPS) is 20.5. The van der Waals surface area contributed by atoms with Crippen LogP contribution in [0.25, 0.3) is 10.9 Å². The lowest BCUT2D eigenvalue weighted by Crippen LogP contribution is -2.39. The maximum Gasteiger partial charge on any atom is 0.273 e. The summed E-state index contributed by atoms with van der Waals surface area (Å²) < 4.78 is 5.92. The second kappa shape index (κ2) is 6.04. The van der Waals surface area contributed by atoms with Gasteiger partial charge in [-0.25, -0.2) is 0 Å². The Morgan fingerprint density at radius 2 is 2.26 bits per heavy atom. The first-order valence-electron chi connectivity index (χ1n) is 7.21. The number of hydrogen-bond acceptors (Lipinski definition) is 6. The van der Waals surface area contributed by atoms with Crippen LogP contribution >= 0.6 is 0 Å². The van der Waals surface area contributed by atoms with Crippen molar-refractivity contribution in [3.8, 4) is 5.75 Å². The predicted molar refractivity (Wildman–Crippen MR) is 88.8 cm³/mol. The van der Waals surface area contributed by atoms with E-state index in [1.807, 2.05) is 31.2 Å². The fraction of sp³-hybridized carbons (Fsp3) is 0.250. The molecule has 1 aromatic carbocycles. The van der Waals surface area contributed by atoms with E-state index >= 15 is 0 Å². The lowest BCUT2D eigenvalue weighted by atomic mass is 10.0. The number of carbonyl (C=O) groups excluding carboxylic acids is 1. The first kappa shape index (κ1) is 15.0. The summed E-state index contributed by atoms with van der Waals surface area (Å²) in [4.78, 5) is 20.4. The molecule has 1 amide bonds. The third kappa shape index (κ3) is 2.61. The maximum absolute atomic E-state index is 12.3. The largest absolute Gasteiger partial charge is 0.486 e. The van der Waals surface area contributed by atoms with Crippen molar-refractivity contribution in [1.29, 1.82) is 0 Å². The fourth-order valence-electron chi connectivity index (χ4n) is 2.69. The number of amides is 1. The van der Waals surface area contributed by atoms with Gasteiger partial charge < -0.3 is 15.9 Å². The molecule has 0 saturated carbocycles. The van der Waals surface area contributed by atoms with Crippen LogP contribution in [0.5, 0.6) is 5.75 Å². The van der Waals surface area contributed by atoms with Gasteiger partial charge in [-0.3, -0.25) is 14.8 Å². The quantitative estimate of drug-likeness (QED) is 0.505. The number of benzene rings is 1. The number of pyridine rings is 1. The van der Waals surface area contributed by atoms with Gasteiger partial charge >= 0.3 is 0 Å². The Morgan fingerprint density at radius 1 is 1.43 bits per heavy atom. The number of carbonyl (C=O) groups is 1. The van der Waals surface area contributed by atoms with Gasteiger partial charge in [0, 0.05) is 24.2 Å². The van der Waals surface area contributed by atoms with Gasteiger partial charge in [0.15, 0.2) is 11.5 Å². The molecule has 1 aromatic heterocycles. The minimum atomic E-state index is -0.396. The zero-order chi connectivity index (χ0) is 16.4. The van der Waals surface area contributed by atoms with Gasteiger partial charge in [-0.15, -0.1) is 0 Å². The molecule has 3 rings (SSSR count). The van der Waals surface area contributed by atoms with Crippen molar-refractivity contribution in [1.82, 2.24) is 10.3 Å². The van der Waals surface area contributed by atoms with Crippen LogP contribution in [0.3, 0.4) is 0 Å². The van der Waals surface area contributed by atoms with Crippen LogP contribution in [-0.4, -0.2) is 36.0 Å². The summed E-state index contributed by atoms with van der Waals surface area (Å²) in [6, 6.07) is 7.46. The van der Waals surface area contributed by atoms with E-state index in [4.69, 9.17) is 10.6 Å². The predicted octanol–water partition coefficient (Wildman–Crippen LogP) is 1.19. The number of hydrazone groups is 1. The molecule has 0 spiro atoms. The second-order valence-electron chi connectivity index (χ2n) is 5.23. The Kier molecular flexibility index (Phi) is 3.92. The van der Waals surface area contributed by atoms with Gasteiger partial charge in [0.1, 0.15) is 11.6 Å². The number of hydrogen-bond donors (Lipinski definition) is 2. The molecule has 118 valence electrons. The molecule has 1 aliphatic heterocycles. The average Bonchev–Trinajstić information content (AvgIpc) is 2.88. The van der Waals surface area contributed by atoms with E-state index in [1.54, 1.807) is 13.2 Å². The van der Waals surface area contributed by atoms with Crippen molar-refractivity contribution < 1.29 is 9.53 Å². The summed E-state index contributed by atoms with van der Waals surface area (Å²) in [5, 5.41) is 7.34. The molecule has 23 heavy (non-hydrogen) atoms. The number of rotatable bonds is 3. The SMILES string of the molecule is CN=C/C(=N\N)C(=O)NC1c2ccc3cccnc3c2OC1C. The summed E-state index contributed by atoms with van der Waals surface area (Å²) >= 11 is 0. The molecule has 2 aromatic rings. The molecule has 1 aliphatic rings. The van der Waals surface area contributed by atoms with E-state index in [0.717, 1.165) is 16.5 Å². The number of aliphatic imine (C=N–C) groups is 1. The monoisotopic (exact) mass is 311 g/mol. The number of nitrogens with two attached hydrogens (primary N) is 1. The smallest absolute Gasteiger partial charge is 0.273 e. The van der Waals surface area contributed by atoms with E-state index in [9.17, 15) is 4.79 Å². The second-order valence-corrected chi connectivity index (χ2v) is 5.23. The first-order valence-corrected chi connectivity index (χ1v) is 7.21. The third-order valence-corrected chi connectivity index (χ3v) is 3.78.